The average molecular weight is 344 g/mol. The third kappa shape index (κ3) is 2.91. The van der Waals surface area contributed by atoms with E-state index in [0.717, 1.165) is 31.1 Å². The molecule has 0 unspecified atom stereocenters. The molecule has 7 heteroatoms. The molecule has 0 radical (unpaired) electrons. The fourth-order valence-electron chi connectivity index (χ4n) is 3.22. The highest BCUT2D eigenvalue weighted by atomic mass is 32.1. The molecule has 0 saturated carbocycles. The van der Waals surface area contributed by atoms with Crippen LogP contribution >= 0.6 is 11.3 Å². The second kappa shape index (κ2) is 6.32. The fourth-order valence-corrected chi connectivity index (χ4v) is 3.92. The van der Waals surface area contributed by atoms with Crippen molar-refractivity contribution in [3.8, 4) is 0 Å². The van der Waals surface area contributed by atoms with Crippen LogP contribution in [0.4, 0.5) is 9.52 Å². The van der Waals surface area contributed by atoms with Gasteiger partial charge in [-0.1, -0.05) is 0 Å². The van der Waals surface area contributed by atoms with Crippen LogP contribution in [0.1, 0.15) is 12.8 Å². The van der Waals surface area contributed by atoms with Crippen LogP contribution in [-0.4, -0.2) is 27.6 Å². The Hall–Kier alpha value is -2.28. The predicted octanol–water partition coefficient (Wildman–Crippen LogP) is 2.91. The standard InChI is InChI=1S/C17H17FN4OS/c18-13-1-2-14-15(9-13)20-11-22(16(14)23)10-12-3-6-21(7-4-12)17-19-5-8-24-17/h1-2,5,8-9,11-12H,3-4,6-7,10H2. The van der Waals surface area contributed by atoms with Gasteiger partial charge in [-0.05, 0) is 30.9 Å². The van der Waals surface area contributed by atoms with Crippen LogP contribution in [0.25, 0.3) is 10.9 Å². The first-order chi connectivity index (χ1) is 11.7. The smallest absolute Gasteiger partial charge is 0.261 e. The van der Waals surface area contributed by atoms with Gasteiger partial charge < -0.3 is 4.90 Å². The molecule has 2 aromatic heterocycles. The lowest BCUT2D eigenvalue weighted by Crippen LogP contribution is -2.36. The Morgan fingerprint density at radius 1 is 1.25 bits per heavy atom. The van der Waals surface area contributed by atoms with Crippen molar-refractivity contribution in [1.29, 1.82) is 0 Å². The van der Waals surface area contributed by atoms with Gasteiger partial charge in [0.2, 0.25) is 0 Å². The van der Waals surface area contributed by atoms with Gasteiger partial charge in [0.1, 0.15) is 5.82 Å². The number of rotatable bonds is 3. The lowest BCUT2D eigenvalue weighted by atomic mass is 9.97. The molecule has 124 valence electrons. The highest BCUT2D eigenvalue weighted by molar-refractivity contribution is 7.13. The van der Waals surface area contributed by atoms with Gasteiger partial charge in [0.15, 0.2) is 5.13 Å². The highest BCUT2D eigenvalue weighted by Gasteiger charge is 2.21. The molecule has 1 aliphatic rings. The summed E-state index contributed by atoms with van der Waals surface area (Å²) in [5, 5.41) is 3.53. The zero-order chi connectivity index (χ0) is 16.5. The number of hydrogen-bond acceptors (Lipinski definition) is 5. The summed E-state index contributed by atoms with van der Waals surface area (Å²) >= 11 is 1.66. The number of hydrogen-bond donors (Lipinski definition) is 0. The zero-order valence-corrected chi connectivity index (χ0v) is 13.9. The fraction of sp³-hybridized carbons (Fsp3) is 0.353. The summed E-state index contributed by atoms with van der Waals surface area (Å²) < 4.78 is 14.9. The van der Waals surface area contributed by atoms with Crippen molar-refractivity contribution in [2.75, 3.05) is 18.0 Å². The summed E-state index contributed by atoms with van der Waals surface area (Å²) in [5.74, 6) is 0.0697. The maximum atomic E-state index is 13.2. The Morgan fingerprint density at radius 2 is 2.08 bits per heavy atom. The Bertz CT molecular complexity index is 901. The molecular weight excluding hydrogens is 327 g/mol. The van der Waals surface area contributed by atoms with Gasteiger partial charge >= 0.3 is 0 Å². The van der Waals surface area contributed by atoms with Crippen molar-refractivity contribution in [2.45, 2.75) is 19.4 Å². The minimum absolute atomic E-state index is 0.0950. The van der Waals surface area contributed by atoms with Gasteiger partial charge in [0, 0.05) is 37.3 Å². The summed E-state index contributed by atoms with van der Waals surface area (Å²) in [6, 6.07) is 4.12. The van der Waals surface area contributed by atoms with E-state index in [0.29, 0.717) is 23.4 Å². The van der Waals surface area contributed by atoms with Crippen LogP contribution in [-0.2, 0) is 6.54 Å². The number of anilines is 1. The van der Waals surface area contributed by atoms with Gasteiger partial charge in [-0.3, -0.25) is 9.36 Å². The molecule has 0 bridgehead atoms. The van der Waals surface area contributed by atoms with Crippen LogP contribution in [0.5, 0.6) is 0 Å². The first-order valence-corrected chi connectivity index (χ1v) is 8.88. The molecule has 1 aromatic carbocycles. The van der Waals surface area contributed by atoms with Gasteiger partial charge in [-0.15, -0.1) is 11.3 Å². The van der Waals surface area contributed by atoms with Crippen molar-refractivity contribution >= 4 is 27.4 Å². The summed E-state index contributed by atoms with van der Waals surface area (Å²) in [6.07, 6.45) is 5.41. The number of halogens is 1. The third-order valence-corrected chi connectivity index (χ3v) is 5.38. The average Bonchev–Trinajstić information content (AvgIpc) is 3.12. The van der Waals surface area contributed by atoms with E-state index < -0.39 is 0 Å². The topological polar surface area (TPSA) is 51.0 Å². The second-order valence-electron chi connectivity index (χ2n) is 6.11. The van der Waals surface area contributed by atoms with Crippen LogP contribution in [0.15, 0.2) is 40.9 Å². The van der Waals surface area contributed by atoms with Crippen molar-refractivity contribution < 1.29 is 4.39 Å². The molecule has 3 aromatic rings. The SMILES string of the molecule is O=c1c2ccc(F)cc2ncn1CC1CCN(c2nccs2)CC1. The Kier molecular flexibility index (Phi) is 4.02. The molecule has 4 rings (SSSR count). The number of benzene rings is 1. The van der Waals surface area contributed by atoms with E-state index >= 15 is 0 Å². The monoisotopic (exact) mass is 344 g/mol. The minimum Gasteiger partial charge on any atom is -0.348 e. The Labute approximate surface area is 142 Å². The summed E-state index contributed by atoms with van der Waals surface area (Å²) in [7, 11) is 0. The molecule has 24 heavy (non-hydrogen) atoms. The summed E-state index contributed by atoms with van der Waals surface area (Å²) in [6.45, 7) is 2.57. The van der Waals surface area contributed by atoms with E-state index in [4.69, 9.17) is 0 Å². The van der Waals surface area contributed by atoms with Gasteiger partial charge in [-0.2, -0.15) is 0 Å². The molecule has 3 heterocycles. The molecule has 1 fully saturated rings. The molecule has 5 nitrogen and oxygen atoms in total. The molecule has 0 aliphatic carbocycles. The molecule has 1 aliphatic heterocycles. The van der Waals surface area contributed by atoms with Gasteiger partial charge in [0.25, 0.3) is 5.56 Å². The van der Waals surface area contributed by atoms with E-state index in [1.54, 1.807) is 15.9 Å². The molecule has 1 saturated heterocycles. The molecular formula is C17H17FN4OS. The van der Waals surface area contributed by atoms with Crippen molar-refractivity contribution in [3.63, 3.8) is 0 Å². The minimum atomic E-state index is -0.373. The number of aromatic nitrogens is 3. The quantitative estimate of drug-likeness (QED) is 0.733. The first-order valence-electron chi connectivity index (χ1n) is 8.00. The van der Waals surface area contributed by atoms with Crippen LogP contribution < -0.4 is 10.5 Å². The number of fused-ring (bicyclic) bond motifs is 1. The number of nitrogens with zero attached hydrogens (tertiary/aromatic N) is 4. The first kappa shape index (κ1) is 15.3. The van der Waals surface area contributed by atoms with E-state index in [-0.39, 0.29) is 11.4 Å². The van der Waals surface area contributed by atoms with Gasteiger partial charge in [-0.25, -0.2) is 14.4 Å². The highest BCUT2D eigenvalue weighted by Crippen LogP contribution is 2.25. The molecule has 0 spiro atoms. The van der Waals surface area contributed by atoms with Crippen LogP contribution in [0.2, 0.25) is 0 Å². The molecule has 0 amide bonds. The van der Waals surface area contributed by atoms with E-state index in [1.165, 1.54) is 24.5 Å². The lowest BCUT2D eigenvalue weighted by molar-refractivity contribution is 0.352. The normalized spacial score (nSPS) is 16.0. The maximum absolute atomic E-state index is 13.2. The Morgan fingerprint density at radius 3 is 2.83 bits per heavy atom. The van der Waals surface area contributed by atoms with Crippen LogP contribution in [0, 0.1) is 11.7 Å². The zero-order valence-electron chi connectivity index (χ0n) is 13.1. The Balaban J connectivity index is 1.48. The van der Waals surface area contributed by atoms with Crippen molar-refractivity contribution in [2.24, 2.45) is 5.92 Å². The van der Waals surface area contributed by atoms with E-state index in [2.05, 4.69) is 14.9 Å². The van der Waals surface area contributed by atoms with Gasteiger partial charge in [0.05, 0.1) is 17.2 Å². The second-order valence-corrected chi connectivity index (χ2v) is 6.98. The maximum Gasteiger partial charge on any atom is 0.261 e. The van der Waals surface area contributed by atoms with Crippen LogP contribution in [0.3, 0.4) is 0 Å². The van der Waals surface area contributed by atoms with E-state index in [9.17, 15) is 9.18 Å². The molecule has 0 N–H and O–H groups in total. The largest absolute Gasteiger partial charge is 0.348 e. The lowest BCUT2D eigenvalue weighted by Gasteiger charge is -2.31. The number of thiazole rings is 1. The number of piperidine rings is 1. The summed E-state index contributed by atoms with van der Waals surface area (Å²) in [5.41, 5.74) is 0.317. The molecule has 0 atom stereocenters. The van der Waals surface area contributed by atoms with Crippen molar-refractivity contribution in [1.82, 2.24) is 14.5 Å². The van der Waals surface area contributed by atoms with Crippen molar-refractivity contribution in [3.05, 3.63) is 52.3 Å². The van der Waals surface area contributed by atoms with E-state index in [1.807, 2.05) is 11.6 Å². The third-order valence-electron chi connectivity index (χ3n) is 4.55. The predicted molar refractivity (Wildman–Crippen MR) is 93.0 cm³/mol. The summed E-state index contributed by atoms with van der Waals surface area (Å²) in [4.78, 5) is 23.4.